The van der Waals surface area contributed by atoms with Crippen LogP contribution in [0.5, 0.6) is 0 Å². The number of ether oxygens (including phenoxy) is 1. The Bertz CT molecular complexity index is 1130. The molecule has 0 unspecified atom stereocenters. The van der Waals surface area contributed by atoms with Gasteiger partial charge in [0.1, 0.15) is 0 Å². The molecule has 30 heavy (non-hydrogen) atoms. The van der Waals surface area contributed by atoms with Crippen LogP contribution in [0.2, 0.25) is 0 Å². The van der Waals surface area contributed by atoms with Gasteiger partial charge in [-0.1, -0.05) is 12.1 Å². The molecule has 3 rings (SSSR count). The maximum atomic E-state index is 12.4. The smallest absolute Gasteiger partial charge is 0.419 e. The average Bonchev–Trinajstić information content (AvgIpc) is 2.99. The van der Waals surface area contributed by atoms with Gasteiger partial charge in [0.25, 0.3) is 0 Å². The van der Waals surface area contributed by atoms with Crippen molar-refractivity contribution in [1.82, 2.24) is 4.57 Å². The van der Waals surface area contributed by atoms with E-state index >= 15 is 0 Å². The molecule has 0 fully saturated rings. The zero-order valence-electron chi connectivity index (χ0n) is 16.6. The Hall–Kier alpha value is -3.88. The largest absolute Gasteiger partial charge is 0.462 e. The first kappa shape index (κ1) is 20.8. The number of fused-ring (bicyclic) bond motifs is 1. The van der Waals surface area contributed by atoms with Crippen LogP contribution in [0.4, 0.5) is 11.4 Å². The third kappa shape index (κ3) is 5.13. The molecule has 0 spiro atoms. The van der Waals surface area contributed by atoms with Gasteiger partial charge in [-0.05, 0) is 36.8 Å². The molecule has 156 valence electrons. The topological polar surface area (TPSA) is 120 Å². The second-order valence-electron chi connectivity index (χ2n) is 6.64. The maximum Gasteiger partial charge on any atom is 0.419 e. The first-order valence-corrected chi connectivity index (χ1v) is 9.29. The predicted molar refractivity (Wildman–Crippen MR) is 110 cm³/mol. The zero-order valence-corrected chi connectivity index (χ0v) is 16.6. The monoisotopic (exact) mass is 411 g/mol. The van der Waals surface area contributed by atoms with Gasteiger partial charge in [0.05, 0.1) is 17.7 Å². The van der Waals surface area contributed by atoms with E-state index in [9.17, 15) is 19.2 Å². The second-order valence-corrected chi connectivity index (χ2v) is 6.64. The molecule has 0 saturated heterocycles. The van der Waals surface area contributed by atoms with E-state index in [1.807, 2.05) is 6.07 Å². The van der Waals surface area contributed by atoms with Crippen LogP contribution >= 0.6 is 0 Å². The van der Waals surface area contributed by atoms with Gasteiger partial charge in [0.15, 0.2) is 5.58 Å². The molecular weight excluding hydrogens is 390 g/mol. The lowest BCUT2D eigenvalue weighted by Crippen LogP contribution is -2.16. The van der Waals surface area contributed by atoms with E-state index in [0.717, 1.165) is 0 Å². The molecule has 9 heteroatoms. The molecule has 9 nitrogen and oxygen atoms in total. The summed E-state index contributed by atoms with van der Waals surface area (Å²) in [5, 5.41) is 5.15. The molecule has 1 heterocycles. The summed E-state index contributed by atoms with van der Waals surface area (Å²) in [7, 11) is 0. The fourth-order valence-electron chi connectivity index (χ4n) is 2.99. The number of anilines is 2. The van der Waals surface area contributed by atoms with Crippen molar-refractivity contribution < 1.29 is 23.5 Å². The third-order valence-electron chi connectivity index (χ3n) is 4.14. The summed E-state index contributed by atoms with van der Waals surface area (Å²) in [5.74, 6) is -1.71. The Morgan fingerprint density at radius 1 is 1.00 bits per heavy atom. The average molecular weight is 411 g/mol. The summed E-state index contributed by atoms with van der Waals surface area (Å²) in [6.07, 6.45) is 0.402. The highest BCUT2D eigenvalue weighted by molar-refractivity contribution is 5.97. The number of hydrogen-bond acceptors (Lipinski definition) is 6. The number of carbonyl (C=O) groups is 3. The highest BCUT2D eigenvalue weighted by atomic mass is 16.5. The van der Waals surface area contributed by atoms with E-state index in [0.29, 0.717) is 35.4 Å². The fraction of sp³-hybridized carbons (Fsp3) is 0.238. The van der Waals surface area contributed by atoms with Gasteiger partial charge < -0.3 is 19.8 Å². The van der Waals surface area contributed by atoms with Crippen LogP contribution in [0.15, 0.2) is 51.7 Å². The minimum Gasteiger partial charge on any atom is -0.462 e. The Morgan fingerprint density at radius 2 is 1.63 bits per heavy atom. The summed E-state index contributed by atoms with van der Waals surface area (Å²) in [6, 6.07) is 11.5. The third-order valence-corrected chi connectivity index (χ3v) is 4.14. The van der Waals surface area contributed by atoms with E-state index in [1.54, 1.807) is 18.2 Å². The van der Waals surface area contributed by atoms with Crippen LogP contribution in [-0.4, -0.2) is 29.0 Å². The number of para-hydroxylation sites is 2. The summed E-state index contributed by atoms with van der Waals surface area (Å²) < 4.78 is 11.9. The van der Waals surface area contributed by atoms with Gasteiger partial charge in [-0.25, -0.2) is 9.59 Å². The van der Waals surface area contributed by atoms with Crippen molar-refractivity contribution >= 4 is 40.3 Å². The Balaban J connectivity index is 1.65. The van der Waals surface area contributed by atoms with Crippen LogP contribution in [0, 0.1) is 0 Å². The molecule has 0 bridgehead atoms. The Morgan fingerprint density at radius 3 is 2.27 bits per heavy atom. The van der Waals surface area contributed by atoms with Gasteiger partial charge in [0.2, 0.25) is 11.8 Å². The van der Waals surface area contributed by atoms with E-state index < -0.39 is 11.7 Å². The van der Waals surface area contributed by atoms with Crippen molar-refractivity contribution in [1.29, 1.82) is 0 Å². The number of carbonyl (C=O) groups excluding carboxylic acids is 3. The van der Waals surface area contributed by atoms with E-state index in [-0.39, 0.29) is 24.0 Å². The number of oxazole rings is 1. The maximum absolute atomic E-state index is 12.4. The molecule has 0 aliphatic carbocycles. The Labute approximate surface area is 171 Å². The van der Waals surface area contributed by atoms with E-state index in [1.165, 1.54) is 36.6 Å². The number of aromatic nitrogens is 1. The van der Waals surface area contributed by atoms with Crippen molar-refractivity contribution in [3.63, 3.8) is 0 Å². The van der Waals surface area contributed by atoms with Crippen molar-refractivity contribution in [3.8, 4) is 0 Å². The summed E-state index contributed by atoms with van der Waals surface area (Å²) in [5.41, 5.74) is 2.07. The highest BCUT2D eigenvalue weighted by Crippen LogP contribution is 2.20. The number of benzene rings is 2. The molecule has 0 aliphatic heterocycles. The van der Waals surface area contributed by atoms with Crippen molar-refractivity contribution in [2.24, 2.45) is 0 Å². The molecule has 2 N–H and O–H groups in total. The van der Waals surface area contributed by atoms with E-state index in [2.05, 4.69) is 10.6 Å². The van der Waals surface area contributed by atoms with Crippen LogP contribution in [0.1, 0.15) is 30.6 Å². The molecule has 1 aromatic heterocycles. The minimum atomic E-state index is -0.613. The van der Waals surface area contributed by atoms with Crippen molar-refractivity contribution in [2.45, 2.75) is 26.8 Å². The second kappa shape index (κ2) is 9.08. The van der Waals surface area contributed by atoms with Gasteiger partial charge in [-0.2, -0.15) is 0 Å². The zero-order chi connectivity index (χ0) is 21.7. The first-order chi connectivity index (χ1) is 14.3. The molecule has 2 amide bonds. The Kier molecular flexibility index (Phi) is 6.31. The van der Waals surface area contributed by atoms with Crippen LogP contribution in [0.3, 0.4) is 0 Å². The van der Waals surface area contributed by atoms with Crippen LogP contribution < -0.4 is 16.4 Å². The summed E-state index contributed by atoms with van der Waals surface area (Å²) >= 11 is 0. The molecular formula is C21H21N3O6. The molecule has 0 aliphatic rings. The fourth-order valence-corrected chi connectivity index (χ4v) is 2.99. The molecule has 0 saturated carbocycles. The SMILES string of the molecule is CC(=O)Nc1cc(NC(C)=O)cc(C(=O)OCCCn2c(=O)oc3ccccc32)c1. The van der Waals surface area contributed by atoms with Crippen molar-refractivity contribution in [2.75, 3.05) is 17.2 Å². The number of nitrogens with one attached hydrogen (secondary N) is 2. The predicted octanol–water partition coefficient (Wildman–Crippen LogP) is 2.76. The molecule has 0 atom stereocenters. The normalized spacial score (nSPS) is 10.6. The lowest BCUT2D eigenvalue weighted by atomic mass is 10.1. The highest BCUT2D eigenvalue weighted by Gasteiger charge is 2.13. The number of hydrogen-bond donors (Lipinski definition) is 2. The summed E-state index contributed by atoms with van der Waals surface area (Å²) in [6.45, 7) is 3.08. The van der Waals surface area contributed by atoms with Gasteiger partial charge in [-0.15, -0.1) is 0 Å². The van der Waals surface area contributed by atoms with Gasteiger partial charge >= 0.3 is 11.7 Å². The van der Waals surface area contributed by atoms with Gasteiger partial charge in [0, 0.05) is 31.8 Å². The standard InChI is InChI=1S/C21H21N3O6/c1-13(25)22-16-10-15(11-17(12-16)23-14(2)26)20(27)29-9-5-8-24-18-6-3-4-7-19(18)30-21(24)28/h3-4,6-7,10-12H,5,8-9H2,1-2H3,(H,22,25)(H,23,26). The molecule has 3 aromatic rings. The number of amides is 2. The lowest BCUT2D eigenvalue weighted by molar-refractivity contribution is -0.115. The van der Waals surface area contributed by atoms with Crippen LogP contribution in [0.25, 0.3) is 11.1 Å². The first-order valence-electron chi connectivity index (χ1n) is 9.29. The minimum absolute atomic E-state index is 0.0740. The van der Waals surface area contributed by atoms with E-state index in [4.69, 9.17) is 9.15 Å². The quantitative estimate of drug-likeness (QED) is 0.456. The molecule has 2 aromatic carbocycles. The lowest BCUT2D eigenvalue weighted by Gasteiger charge is -2.11. The number of esters is 1. The van der Waals surface area contributed by atoms with Gasteiger partial charge in [-0.3, -0.25) is 14.2 Å². The summed E-state index contributed by atoms with van der Waals surface area (Å²) in [4.78, 5) is 47.0. The molecule has 0 radical (unpaired) electrons. The van der Waals surface area contributed by atoms with Crippen molar-refractivity contribution in [3.05, 3.63) is 58.6 Å². The number of rotatable bonds is 7. The number of nitrogens with zero attached hydrogens (tertiary/aromatic N) is 1. The van der Waals surface area contributed by atoms with Crippen LogP contribution in [-0.2, 0) is 20.9 Å². The number of aryl methyl sites for hydroxylation is 1.